The van der Waals surface area contributed by atoms with Crippen LogP contribution in [0.5, 0.6) is 0 Å². The van der Waals surface area contributed by atoms with Gasteiger partial charge >= 0.3 is 0 Å². The standard InChI is InChI=1S/C12H18N6S/c1-17-6-3-4-9(8-17)14-10-11-13-5-7-18(11)12(19-2)16-15-10/h5,7,9H,3-4,6,8H2,1-2H3,(H,14,15)/t9-/m1/s1. The first-order chi connectivity index (χ1) is 9.28. The fourth-order valence-electron chi connectivity index (χ4n) is 2.53. The van der Waals surface area contributed by atoms with Crippen LogP contribution in [0, 0.1) is 0 Å². The second-order valence-corrected chi connectivity index (χ2v) is 5.68. The van der Waals surface area contributed by atoms with E-state index in [1.54, 1.807) is 18.0 Å². The smallest absolute Gasteiger partial charge is 0.195 e. The van der Waals surface area contributed by atoms with E-state index in [2.05, 4.69) is 32.4 Å². The molecule has 102 valence electrons. The Morgan fingerprint density at radius 2 is 2.32 bits per heavy atom. The lowest BCUT2D eigenvalue weighted by atomic mass is 10.1. The number of rotatable bonds is 3. The number of thioether (sulfide) groups is 1. The number of likely N-dealkylation sites (N-methyl/N-ethyl adjacent to an activating group) is 1. The topological polar surface area (TPSA) is 58.4 Å². The van der Waals surface area contributed by atoms with E-state index in [0.717, 1.165) is 23.2 Å². The predicted octanol–water partition coefficient (Wildman–Crippen LogP) is 1.35. The van der Waals surface area contributed by atoms with Gasteiger partial charge in [0.1, 0.15) is 0 Å². The number of hydrogen-bond acceptors (Lipinski definition) is 6. The van der Waals surface area contributed by atoms with E-state index in [-0.39, 0.29) is 0 Å². The number of anilines is 1. The van der Waals surface area contributed by atoms with E-state index in [4.69, 9.17) is 0 Å². The molecule has 0 bridgehead atoms. The van der Waals surface area contributed by atoms with Crippen LogP contribution in [0.4, 0.5) is 5.82 Å². The lowest BCUT2D eigenvalue weighted by Gasteiger charge is -2.30. The van der Waals surface area contributed by atoms with Gasteiger partial charge in [0, 0.05) is 25.0 Å². The molecule has 0 radical (unpaired) electrons. The molecular weight excluding hydrogens is 260 g/mol. The molecule has 3 rings (SSSR count). The molecule has 0 amide bonds. The average molecular weight is 278 g/mol. The van der Waals surface area contributed by atoms with Gasteiger partial charge in [0.05, 0.1) is 0 Å². The maximum absolute atomic E-state index is 4.38. The van der Waals surface area contributed by atoms with Crippen molar-refractivity contribution in [2.45, 2.75) is 24.0 Å². The van der Waals surface area contributed by atoms with E-state index < -0.39 is 0 Å². The Labute approximate surface area is 116 Å². The summed E-state index contributed by atoms with van der Waals surface area (Å²) in [4.78, 5) is 6.72. The van der Waals surface area contributed by atoms with Crippen LogP contribution in [0.1, 0.15) is 12.8 Å². The number of likely N-dealkylation sites (tertiary alicyclic amines) is 1. The Bertz CT molecular complexity index is 568. The molecule has 1 atom stereocenters. The molecule has 0 unspecified atom stereocenters. The molecule has 0 aromatic carbocycles. The zero-order chi connectivity index (χ0) is 13.2. The van der Waals surface area contributed by atoms with Gasteiger partial charge < -0.3 is 10.2 Å². The minimum Gasteiger partial charge on any atom is -0.361 e. The van der Waals surface area contributed by atoms with E-state index in [0.29, 0.717) is 6.04 Å². The summed E-state index contributed by atoms with van der Waals surface area (Å²) < 4.78 is 1.98. The summed E-state index contributed by atoms with van der Waals surface area (Å²) in [6.45, 7) is 2.22. The van der Waals surface area contributed by atoms with Crippen LogP contribution in [0.3, 0.4) is 0 Å². The van der Waals surface area contributed by atoms with Gasteiger partial charge in [-0.1, -0.05) is 11.8 Å². The molecule has 19 heavy (non-hydrogen) atoms. The van der Waals surface area contributed by atoms with Crippen LogP contribution in [0.2, 0.25) is 0 Å². The first-order valence-corrected chi connectivity index (χ1v) is 7.69. The van der Waals surface area contributed by atoms with Crippen LogP contribution in [-0.4, -0.2) is 56.9 Å². The van der Waals surface area contributed by atoms with Crippen molar-refractivity contribution >= 4 is 23.2 Å². The quantitative estimate of drug-likeness (QED) is 0.855. The summed E-state index contributed by atoms with van der Waals surface area (Å²) in [5, 5.41) is 12.9. The molecule has 2 aromatic heterocycles. The number of piperidine rings is 1. The molecule has 3 heterocycles. The van der Waals surface area contributed by atoms with Crippen molar-refractivity contribution in [1.29, 1.82) is 0 Å². The van der Waals surface area contributed by atoms with Crippen molar-refractivity contribution in [3.05, 3.63) is 12.4 Å². The Kier molecular flexibility index (Phi) is 3.56. The van der Waals surface area contributed by atoms with Gasteiger partial charge in [0.25, 0.3) is 0 Å². The van der Waals surface area contributed by atoms with Crippen molar-refractivity contribution in [1.82, 2.24) is 24.5 Å². The first kappa shape index (κ1) is 12.7. The molecule has 0 saturated carbocycles. The molecule has 1 aliphatic heterocycles. The summed E-state index contributed by atoms with van der Waals surface area (Å²) >= 11 is 1.57. The van der Waals surface area contributed by atoms with Gasteiger partial charge in [-0.15, -0.1) is 10.2 Å². The molecule has 1 fully saturated rings. The Morgan fingerprint density at radius 1 is 1.42 bits per heavy atom. The summed E-state index contributed by atoms with van der Waals surface area (Å²) in [7, 11) is 2.15. The molecule has 1 saturated heterocycles. The largest absolute Gasteiger partial charge is 0.361 e. The minimum absolute atomic E-state index is 0.425. The van der Waals surface area contributed by atoms with Gasteiger partial charge in [-0.2, -0.15) is 0 Å². The molecular formula is C12H18N6S. The Morgan fingerprint density at radius 3 is 3.11 bits per heavy atom. The molecule has 0 spiro atoms. The fraction of sp³-hybridized carbons (Fsp3) is 0.583. The highest BCUT2D eigenvalue weighted by Crippen LogP contribution is 2.20. The highest BCUT2D eigenvalue weighted by molar-refractivity contribution is 7.98. The predicted molar refractivity (Wildman–Crippen MR) is 76.7 cm³/mol. The summed E-state index contributed by atoms with van der Waals surface area (Å²) in [6, 6.07) is 0.425. The highest BCUT2D eigenvalue weighted by Gasteiger charge is 2.19. The van der Waals surface area contributed by atoms with E-state index in [1.165, 1.54) is 19.4 Å². The number of fused-ring (bicyclic) bond motifs is 1. The summed E-state index contributed by atoms with van der Waals surface area (Å²) in [5.41, 5.74) is 0.854. The van der Waals surface area contributed by atoms with Gasteiger partial charge in [-0.25, -0.2) is 4.98 Å². The van der Waals surface area contributed by atoms with E-state index >= 15 is 0 Å². The molecule has 1 N–H and O–H groups in total. The van der Waals surface area contributed by atoms with Crippen molar-refractivity contribution in [3.8, 4) is 0 Å². The summed E-state index contributed by atoms with van der Waals surface area (Å²) in [6.07, 6.45) is 8.09. The second-order valence-electron chi connectivity index (χ2n) is 4.90. The zero-order valence-corrected chi connectivity index (χ0v) is 12.0. The normalized spacial score (nSPS) is 20.8. The molecule has 0 aliphatic carbocycles. The van der Waals surface area contributed by atoms with Crippen LogP contribution >= 0.6 is 11.8 Å². The number of imidazole rings is 1. The molecule has 6 nitrogen and oxygen atoms in total. The second kappa shape index (κ2) is 5.34. The third-order valence-electron chi connectivity index (χ3n) is 3.44. The van der Waals surface area contributed by atoms with Crippen molar-refractivity contribution < 1.29 is 0 Å². The van der Waals surface area contributed by atoms with Crippen molar-refractivity contribution in [2.24, 2.45) is 0 Å². The minimum atomic E-state index is 0.425. The summed E-state index contributed by atoms with van der Waals surface area (Å²) in [5.74, 6) is 0.781. The molecule has 7 heteroatoms. The SMILES string of the molecule is CSc1nnc(N[C@@H]2CCCN(C)C2)c2nccn12. The van der Waals surface area contributed by atoms with Gasteiger partial charge in [0.2, 0.25) is 0 Å². The maximum atomic E-state index is 4.38. The fourth-order valence-corrected chi connectivity index (χ4v) is 3.00. The third-order valence-corrected chi connectivity index (χ3v) is 4.09. The number of nitrogens with one attached hydrogen (secondary N) is 1. The Hall–Kier alpha value is -1.34. The third kappa shape index (κ3) is 2.52. The lowest BCUT2D eigenvalue weighted by molar-refractivity contribution is 0.260. The van der Waals surface area contributed by atoms with Crippen LogP contribution in [0.25, 0.3) is 5.65 Å². The van der Waals surface area contributed by atoms with Crippen LogP contribution in [0.15, 0.2) is 17.6 Å². The van der Waals surface area contributed by atoms with Gasteiger partial charge in [-0.05, 0) is 32.7 Å². The monoisotopic (exact) mass is 278 g/mol. The highest BCUT2D eigenvalue weighted by atomic mass is 32.2. The van der Waals surface area contributed by atoms with E-state index in [9.17, 15) is 0 Å². The van der Waals surface area contributed by atoms with Crippen molar-refractivity contribution in [3.63, 3.8) is 0 Å². The Balaban J connectivity index is 1.86. The lowest BCUT2D eigenvalue weighted by Crippen LogP contribution is -2.40. The van der Waals surface area contributed by atoms with Crippen LogP contribution < -0.4 is 5.32 Å². The number of aromatic nitrogens is 4. The van der Waals surface area contributed by atoms with Crippen molar-refractivity contribution in [2.75, 3.05) is 31.7 Å². The molecule has 1 aliphatic rings. The first-order valence-electron chi connectivity index (χ1n) is 6.46. The number of nitrogens with zero attached hydrogens (tertiary/aromatic N) is 5. The maximum Gasteiger partial charge on any atom is 0.195 e. The van der Waals surface area contributed by atoms with Gasteiger partial charge in [0.15, 0.2) is 16.6 Å². The van der Waals surface area contributed by atoms with E-state index in [1.807, 2.05) is 16.9 Å². The molecule has 2 aromatic rings. The number of hydrogen-bond donors (Lipinski definition) is 1. The zero-order valence-electron chi connectivity index (χ0n) is 11.2. The average Bonchev–Trinajstić information content (AvgIpc) is 2.89. The van der Waals surface area contributed by atoms with Crippen LogP contribution in [-0.2, 0) is 0 Å². The van der Waals surface area contributed by atoms with Gasteiger partial charge in [-0.3, -0.25) is 4.40 Å².